The molecule has 1 aromatic heterocycles. The number of nitrogen functional groups attached to an aromatic ring is 1. The average molecular weight is 357 g/mol. The van der Waals surface area contributed by atoms with Crippen molar-refractivity contribution in [2.75, 3.05) is 10.7 Å². The van der Waals surface area contributed by atoms with Crippen molar-refractivity contribution < 1.29 is 0 Å². The van der Waals surface area contributed by atoms with E-state index in [1.54, 1.807) is 0 Å². The Hall–Kier alpha value is -1.37. The molecular weight excluding hydrogens is 342 g/mol. The number of anilines is 3. The summed E-state index contributed by atoms with van der Waals surface area (Å²) in [5, 5.41) is 3.89. The summed E-state index contributed by atoms with van der Waals surface area (Å²) in [7, 11) is 0. The number of rotatable bonds is 5. The van der Waals surface area contributed by atoms with E-state index < -0.39 is 0 Å². The molecule has 0 atom stereocenters. The third-order valence-electron chi connectivity index (χ3n) is 2.76. The summed E-state index contributed by atoms with van der Waals surface area (Å²) in [6.45, 7) is 2.09. The van der Waals surface area contributed by atoms with Gasteiger partial charge in [-0.3, -0.25) is 0 Å². The lowest BCUT2D eigenvalue weighted by atomic mass is 10.1. The van der Waals surface area contributed by atoms with Crippen LogP contribution in [0, 0.1) is 0 Å². The van der Waals surface area contributed by atoms with Crippen LogP contribution in [0.4, 0.5) is 17.3 Å². The Balaban J connectivity index is 2.34. The molecule has 20 heavy (non-hydrogen) atoms. The second-order valence-electron chi connectivity index (χ2n) is 4.20. The SMILES string of the molecule is CCCc1c(NN)ncnc1Nc1ccc(Br)c(Cl)c1. The summed E-state index contributed by atoms with van der Waals surface area (Å²) in [5.41, 5.74) is 4.42. The molecule has 4 N–H and O–H groups in total. The van der Waals surface area contributed by atoms with Gasteiger partial charge in [0.1, 0.15) is 18.0 Å². The van der Waals surface area contributed by atoms with Crippen LogP contribution in [0.15, 0.2) is 29.0 Å². The zero-order valence-corrected chi connectivity index (χ0v) is 13.3. The molecule has 0 spiro atoms. The normalized spacial score (nSPS) is 10.4. The lowest BCUT2D eigenvalue weighted by Gasteiger charge is -2.13. The maximum Gasteiger partial charge on any atom is 0.148 e. The number of halogens is 2. The van der Waals surface area contributed by atoms with Gasteiger partial charge in [-0.15, -0.1) is 0 Å². The Morgan fingerprint density at radius 1 is 1.30 bits per heavy atom. The first-order valence-electron chi connectivity index (χ1n) is 6.18. The maximum atomic E-state index is 6.09. The van der Waals surface area contributed by atoms with Crippen LogP contribution in [0.3, 0.4) is 0 Å². The van der Waals surface area contributed by atoms with Gasteiger partial charge in [0.25, 0.3) is 0 Å². The summed E-state index contributed by atoms with van der Waals surface area (Å²) in [6, 6.07) is 5.63. The molecule has 1 aromatic carbocycles. The lowest BCUT2D eigenvalue weighted by Crippen LogP contribution is -2.13. The third kappa shape index (κ3) is 3.39. The van der Waals surface area contributed by atoms with Crippen molar-refractivity contribution in [3.63, 3.8) is 0 Å². The van der Waals surface area contributed by atoms with Crippen molar-refractivity contribution >= 4 is 44.9 Å². The van der Waals surface area contributed by atoms with E-state index in [0.29, 0.717) is 10.8 Å². The Morgan fingerprint density at radius 2 is 2.05 bits per heavy atom. The van der Waals surface area contributed by atoms with Crippen molar-refractivity contribution in [2.45, 2.75) is 19.8 Å². The van der Waals surface area contributed by atoms with Gasteiger partial charge in [-0.1, -0.05) is 24.9 Å². The van der Waals surface area contributed by atoms with E-state index in [2.05, 4.69) is 43.6 Å². The molecule has 0 unspecified atom stereocenters. The molecule has 7 heteroatoms. The Morgan fingerprint density at radius 3 is 2.70 bits per heavy atom. The first-order valence-corrected chi connectivity index (χ1v) is 7.35. The summed E-state index contributed by atoms with van der Waals surface area (Å²) in [4.78, 5) is 8.41. The van der Waals surface area contributed by atoms with Crippen LogP contribution in [0.2, 0.25) is 5.02 Å². The highest BCUT2D eigenvalue weighted by Gasteiger charge is 2.10. The van der Waals surface area contributed by atoms with Gasteiger partial charge in [0, 0.05) is 15.7 Å². The van der Waals surface area contributed by atoms with E-state index in [4.69, 9.17) is 17.4 Å². The smallest absolute Gasteiger partial charge is 0.148 e. The highest BCUT2D eigenvalue weighted by molar-refractivity contribution is 9.10. The third-order valence-corrected chi connectivity index (χ3v) is 4.00. The number of hydrazine groups is 1. The number of nitrogens with zero attached hydrogens (tertiary/aromatic N) is 2. The predicted molar refractivity (Wildman–Crippen MR) is 86.3 cm³/mol. The van der Waals surface area contributed by atoms with Crippen LogP contribution in [0.5, 0.6) is 0 Å². The van der Waals surface area contributed by atoms with Crippen molar-refractivity contribution in [3.05, 3.63) is 39.6 Å². The second kappa shape index (κ2) is 6.88. The molecule has 0 fully saturated rings. The topological polar surface area (TPSA) is 75.9 Å². The summed E-state index contributed by atoms with van der Waals surface area (Å²) < 4.78 is 0.852. The molecule has 0 saturated carbocycles. The first kappa shape index (κ1) is 15.0. The Labute approximate surface area is 131 Å². The highest BCUT2D eigenvalue weighted by Crippen LogP contribution is 2.29. The minimum Gasteiger partial charge on any atom is -0.340 e. The molecule has 1 heterocycles. The molecule has 0 aliphatic rings. The second-order valence-corrected chi connectivity index (χ2v) is 5.46. The van der Waals surface area contributed by atoms with Crippen LogP contribution < -0.4 is 16.6 Å². The van der Waals surface area contributed by atoms with Crippen molar-refractivity contribution in [1.29, 1.82) is 0 Å². The molecule has 0 aliphatic heterocycles. The molecule has 0 saturated heterocycles. The number of aromatic nitrogens is 2. The largest absolute Gasteiger partial charge is 0.340 e. The van der Waals surface area contributed by atoms with Gasteiger partial charge < -0.3 is 10.7 Å². The van der Waals surface area contributed by atoms with Crippen LogP contribution in [0.25, 0.3) is 0 Å². The van der Waals surface area contributed by atoms with E-state index in [1.165, 1.54) is 6.33 Å². The van der Waals surface area contributed by atoms with E-state index in [0.717, 1.165) is 34.4 Å². The molecule has 0 amide bonds. The minimum atomic E-state index is 0.632. The molecular formula is C13H15BrClN5. The molecule has 106 valence electrons. The predicted octanol–water partition coefficient (Wildman–Crippen LogP) is 3.87. The fourth-order valence-electron chi connectivity index (χ4n) is 1.84. The van der Waals surface area contributed by atoms with Gasteiger partial charge in [0.2, 0.25) is 0 Å². The number of nitrogens with one attached hydrogen (secondary N) is 2. The number of hydrogen-bond donors (Lipinski definition) is 3. The minimum absolute atomic E-state index is 0.632. The Kier molecular flexibility index (Phi) is 5.17. The summed E-state index contributed by atoms with van der Waals surface area (Å²) in [5.74, 6) is 6.85. The first-order chi connectivity index (χ1) is 9.65. The van der Waals surface area contributed by atoms with Crippen molar-refractivity contribution in [3.8, 4) is 0 Å². The Bertz CT molecular complexity index is 605. The fraction of sp³-hybridized carbons (Fsp3) is 0.231. The van der Waals surface area contributed by atoms with Gasteiger partial charge in [-0.25, -0.2) is 15.8 Å². The lowest BCUT2D eigenvalue weighted by molar-refractivity contribution is 0.903. The number of nitrogens with two attached hydrogens (primary N) is 1. The van der Waals surface area contributed by atoms with Gasteiger partial charge in [-0.05, 0) is 40.5 Å². The van der Waals surface area contributed by atoms with Gasteiger partial charge in [0.15, 0.2) is 0 Å². The van der Waals surface area contributed by atoms with Crippen LogP contribution in [0.1, 0.15) is 18.9 Å². The van der Waals surface area contributed by atoms with Gasteiger partial charge in [0.05, 0.1) is 5.02 Å². The van der Waals surface area contributed by atoms with E-state index in [-0.39, 0.29) is 0 Å². The molecule has 0 radical (unpaired) electrons. The monoisotopic (exact) mass is 355 g/mol. The van der Waals surface area contributed by atoms with E-state index >= 15 is 0 Å². The van der Waals surface area contributed by atoms with Crippen LogP contribution in [-0.4, -0.2) is 9.97 Å². The fourth-order valence-corrected chi connectivity index (χ4v) is 2.27. The van der Waals surface area contributed by atoms with E-state index in [9.17, 15) is 0 Å². The molecule has 2 rings (SSSR count). The maximum absolute atomic E-state index is 6.09. The van der Waals surface area contributed by atoms with Gasteiger partial charge in [-0.2, -0.15) is 0 Å². The van der Waals surface area contributed by atoms with Crippen LogP contribution in [-0.2, 0) is 6.42 Å². The van der Waals surface area contributed by atoms with Crippen molar-refractivity contribution in [1.82, 2.24) is 9.97 Å². The highest BCUT2D eigenvalue weighted by atomic mass is 79.9. The summed E-state index contributed by atoms with van der Waals surface area (Å²) >= 11 is 9.45. The summed E-state index contributed by atoms with van der Waals surface area (Å²) in [6.07, 6.45) is 3.27. The number of benzene rings is 1. The average Bonchev–Trinajstić information content (AvgIpc) is 2.45. The quantitative estimate of drug-likeness (QED) is 0.560. The zero-order valence-electron chi connectivity index (χ0n) is 11.0. The molecule has 0 bridgehead atoms. The number of hydrogen-bond acceptors (Lipinski definition) is 5. The zero-order chi connectivity index (χ0) is 14.5. The standard InChI is InChI=1S/C13H15BrClN5/c1-2-3-9-12(17-7-18-13(9)20-16)19-8-4-5-10(14)11(15)6-8/h4-7H,2-3,16H2,1H3,(H2,17,18,19,20). The molecule has 2 aromatic rings. The van der Waals surface area contributed by atoms with E-state index in [1.807, 2.05) is 18.2 Å². The van der Waals surface area contributed by atoms with Crippen LogP contribution >= 0.6 is 27.5 Å². The molecule has 5 nitrogen and oxygen atoms in total. The van der Waals surface area contributed by atoms with Crippen molar-refractivity contribution in [2.24, 2.45) is 5.84 Å². The van der Waals surface area contributed by atoms with Gasteiger partial charge >= 0.3 is 0 Å². The molecule has 0 aliphatic carbocycles.